The van der Waals surface area contributed by atoms with Gasteiger partial charge in [-0.3, -0.25) is 9.59 Å². The lowest BCUT2D eigenvalue weighted by atomic mass is 9.97. The van der Waals surface area contributed by atoms with Gasteiger partial charge in [0, 0.05) is 19.0 Å². The van der Waals surface area contributed by atoms with E-state index >= 15 is 0 Å². The molecule has 0 unspecified atom stereocenters. The number of carboxylic acids is 1. The molecule has 1 aliphatic rings. The van der Waals surface area contributed by atoms with E-state index in [1.54, 1.807) is 15.8 Å². The van der Waals surface area contributed by atoms with E-state index in [1.807, 2.05) is 31.2 Å². The van der Waals surface area contributed by atoms with Gasteiger partial charge in [0.05, 0.1) is 11.9 Å². The van der Waals surface area contributed by atoms with Crippen molar-refractivity contribution in [1.29, 1.82) is 0 Å². The Hall–Kier alpha value is -2.70. The first-order valence-corrected chi connectivity index (χ1v) is 8.57. The molecule has 1 aliphatic heterocycles. The van der Waals surface area contributed by atoms with Gasteiger partial charge in [-0.2, -0.15) is 0 Å². The number of likely N-dealkylation sites (tertiary alicyclic amines) is 1. The minimum atomic E-state index is -0.830. The fourth-order valence-electron chi connectivity index (χ4n) is 3.26. The smallest absolute Gasteiger partial charge is 0.303 e. The molecule has 25 heavy (non-hydrogen) atoms. The Morgan fingerprint density at radius 1 is 1.32 bits per heavy atom. The maximum absolute atomic E-state index is 12.8. The summed E-state index contributed by atoms with van der Waals surface area (Å²) in [5.41, 5.74) is 2.25. The first-order valence-electron chi connectivity index (χ1n) is 8.57. The Kier molecular flexibility index (Phi) is 5.11. The number of carbonyl (C=O) groups is 2. The average molecular weight is 342 g/mol. The second-order valence-electron chi connectivity index (χ2n) is 6.47. The van der Waals surface area contributed by atoms with E-state index in [2.05, 4.69) is 10.3 Å². The summed E-state index contributed by atoms with van der Waals surface area (Å²) >= 11 is 0. The molecule has 0 aliphatic carbocycles. The van der Waals surface area contributed by atoms with Crippen molar-refractivity contribution in [2.24, 2.45) is 0 Å². The topological polar surface area (TPSA) is 88.3 Å². The lowest BCUT2D eigenvalue weighted by Gasteiger charge is -2.35. The molecule has 1 atom stereocenters. The molecule has 2 heterocycles. The number of aryl methyl sites for hydroxylation is 1. The van der Waals surface area contributed by atoms with Gasteiger partial charge in [-0.05, 0) is 50.3 Å². The van der Waals surface area contributed by atoms with E-state index in [9.17, 15) is 9.59 Å². The zero-order valence-corrected chi connectivity index (χ0v) is 14.3. The predicted octanol–water partition coefficient (Wildman–Crippen LogP) is 2.44. The number of benzene rings is 1. The van der Waals surface area contributed by atoms with Gasteiger partial charge in [0.2, 0.25) is 0 Å². The SMILES string of the molecule is Cc1cccc(-n2cc(C(=O)N3CCCC[C@@H]3CCC(=O)O)nn2)c1. The molecule has 1 N–H and O–H groups in total. The second kappa shape index (κ2) is 7.46. The van der Waals surface area contributed by atoms with Crippen LogP contribution in [0.3, 0.4) is 0 Å². The molecular formula is C18H22N4O3. The van der Waals surface area contributed by atoms with Crippen molar-refractivity contribution in [3.63, 3.8) is 0 Å². The third-order valence-electron chi connectivity index (χ3n) is 4.56. The standard InChI is InChI=1S/C18H22N4O3/c1-13-5-4-7-15(11-13)22-12-16(19-20-22)18(25)21-10-3-2-6-14(21)8-9-17(23)24/h4-5,7,11-12,14H,2-3,6,8-10H2,1H3,(H,23,24)/t14-/m1/s1. The van der Waals surface area contributed by atoms with E-state index in [0.717, 1.165) is 30.5 Å². The first kappa shape index (κ1) is 17.1. The van der Waals surface area contributed by atoms with E-state index in [1.165, 1.54) is 0 Å². The van der Waals surface area contributed by atoms with Gasteiger partial charge in [0.25, 0.3) is 5.91 Å². The molecule has 0 spiro atoms. The Balaban J connectivity index is 1.76. The van der Waals surface area contributed by atoms with Crippen LogP contribution in [0.2, 0.25) is 0 Å². The van der Waals surface area contributed by atoms with E-state index < -0.39 is 5.97 Å². The maximum atomic E-state index is 12.8. The summed E-state index contributed by atoms with van der Waals surface area (Å²) in [4.78, 5) is 25.4. The zero-order valence-electron chi connectivity index (χ0n) is 14.3. The molecule has 1 aromatic carbocycles. The van der Waals surface area contributed by atoms with Crippen LogP contribution in [0.15, 0.2) is 30.5 Å². The summed E-state index contributed by atoms with van der Waals surface area (Å²) in [5, 5.41) is 17.0. The van der Waals surface area contributed by atoms with Gasteiger partial charge >= 0.3 is 5.97 Å². The van der Waals surface area contributed by atoms with Crippen molar-refractivity contribution < 1.29 is 14.7 Å². The van der Waals surface area contributed by atoms with Crippen LogP contribution in [0.1, 0.15) is 48.2 Å². The van der Waals surface area contributed by atoms with Crippen molar-refractivity contribution in [3.8, 4) is 5.69 Å². The van der Waals surface area contributed by atoms with Crippen LogP contribution in [0.4, 0.5) is 0 Å². The number of hydrogen-bond donors (Lipinski definition) is 1. The zero-order chi connectivity index (χ0) is 17.8. The van der Waals surface area contributed by atoms with Crippen LogP contribution in [-0.4, -0.2) is 49.5 Å². The number of aliphatic carboxylic acids is 1. The van der Waals surface area contributed by atoms with Crippen molar-refractivity contribution in [2.45, 2.75) is 45.1 Å². The third kappa shape index (κ3) is 4.04. The van der Waals surface area contributed by atoms with Gasteiger partial charge in [-0.25, -0.2) is 4.68 Å². The highest BCUT2D eigenvalue weighted by atomic mass is 16.4. The van der Waals surface area contributed by atoms with Crippen molar-refractivity contribution in [1.82, 2.24) is 19.9 Å². The maximum Gasteiger partial charge on any atom is 0.303 e. The molecule has 7 heteroatoms. The Morgan fingerprint density at radius 3 is 2.92 bits per heavy atom. The summed E-state index contributed by atoms with van der Waals surface area (Å²) in [6.45, 7) is 2.63. The molecule has 3 rings (SSSR count). The number of rotatable bonds is 5. The van der Waals surface area contributed by atoms with Gasteiger partial charge < -0.3 is 10.0 Å². The van der Waals surface area contributed by atoms with E-state index in [4.69, 9.17) is 5.11 Å². The number of aromatic nitrogens is 3. The Morgan fingerprint density at radius 2 is 2.16 bits per heavy atom. The summed E-state index contributed by atoms with van der Waals surface area (Å²) < 4.78 is 1.59. The predicted molar refractivity (Wildman–Crippen MR) is 91.6 cm³/mol. The van der Waals surface area contributed by atoms with Crippen molar-refractivity contribution in [3.05, 3.63) is 41.7 Å². The molecule has 1 aromatic heterocycles. The van der Waals surface area contributed by atoms with Crippen LogP contribution in [-0.2, 0) is 4.79 Å². The number of nitrogens with zero attached hydrogens (tertiary/aromatic N) is 4. The molecular weight excluding hydrogens is 320 g/mol. The molecule has 0 radical (unpaired) electrons. The van der Waals surface area contributed by atoms with Crippen molar-refractivity contribution in [2.75, 3.05) is 6.54 Å². The van der Waals surface area contributed by atoms with Gasteiger partial charge in [0.15, 0.2) is 5.69 Å². The molecule has 132 valence electrons. The minimum absolute atomic E-state index is 0.0403. The van der Waals surface area contributed by atoms with Gasteiger partial charge in [-0.15, -0.1) is 5.10 Å². The number of carbonyl (C=O) groups excluding carboxylic acids is 1. The molecule has 1 saturated heterocycles. The molecule has 7 nitrogen and oxygen atoms in total. The largest absolute Gasteiger partial charge is 0.481 e. The van der Waals surface area contributed by atoms with Crippen LogP contribution < -0.4 is 0 Å². The highest BCUT2D eigenvalue weighted by Crippen LogP contribution is 2.23. The number of carboxylic acid groups (broad SMARTS) is 1. The fourth-order valence-corrected chi connectivity index (χ4v) is 3.26. The number of piperidine rings is 1. The summed E-state index contributed by atoms with van der Waals surface area (Å²) in [6.07, 6.45) is 4.98. The number of amides is 1. The normalized spacial score (nSPS) is 17.5. The lowest BCUT2D eigenvalue weighted by Crippen LogP contribution is -2.44. The van der Waals surface area contributed by atoms with Crippen LogP contribution in [0.5, 0.6) is 0 Å². The molecule has 2 aromatic rings. The fraction of sp³-hybridized carbons (Fsp3) is 0.444. The second-order valence-corrected chi connectivity index (χ2v) is 6.47. The van der Waals surface area contributed by atoms with Crippen LogP contribution >= 0.6 is 0 Å². The summed E-state index contributed by atoms with van der Waals surface area (Å²) in [5.74, 6) is -1.00. The van der Waals surface area contributed by atoms with Gasteiger partial charge in [0.1, 0.15) is 0 Å². The molecule has 0 bridgehead atoms. The average Bonchev–Trinajstić information content (AvgIpc) is 3.10. The Bertz CT molecular complexity index is 771. The Labute approximate surface area is 146 Å². The molecule has 1 fully saturated rings. The van der Waals surface area contributed by atoms with Gasteiger partial charge in [-0.1, -0.05) is 17.3 Å². The van der Waals surface area contributed by atoms with Crippen LogP contribution in [0.25, 0.3) is 5.69 Å². The first-order chi connectivity index (χ1) is 12.0. The third-order valence-corrected chi connectivity index (χ3v) is 4.56. The number of hydrogen-bond acceptors (Lipinski definition) is 4. The van der Waals surface area contributed by atoms with E-state index in [0.29, 0.717) is 18.7 Å². The van der Waals surface area contributed by atoms with Crippen molar-refractivity contribution >= 4 is 11.9 Å². The highest BCUT2D eigenvalue weighted by molar-refractivity contribution is 5.92. The molecule has 0 saturated carbocycles. The summed E-state index contributed by atoms with van der Waals surface area (Å²) in [7, 11) is 0. The van der Waals surface area contributed by atoms with E-state index in [-0.39, 0.29) is 18.4 Å². The molecule has 1 amide bonds. The lowest BCUT2D eigenvalue weighted by molar-refractivity contribution is -0.137. The monoisotopic (exact) mass is 342 g/mol. The minimum Gasteiger partial charge on any atom is -0.481 e. The quantitative estimate of drug-likeness (QED) is 0.901. The van der Waals surface area contributed by atoms with Crippen LogP contribution in [0, 0.1) is 6.92 Å². The highest BCUT2D eigenvalue weighted by Gasteiger charge is 2.29. The summed E-state index contributed by atoms with van der Waals surface area (Å²) in [6, 6.07) is 7.76.